The summed E-state index contributed by atoms with van der Waals surface area (Å²) in [5, 5.41) is 0. The van der Waals surface area contributed by atoms with E-state index in [4.69, 9.17) is 0 Å². The van der Waals surface area contributed by atoms with Crippen molar-refractivity contribution in [2.75, 3.05) is 0 Å². The molecule has 0 bridgehead atoms. The molecular formula is GaN2Sb. The monoisotopic (exact) mass is 218 g/mol. The van der Waals surface area contributed by atoms with Crippen molar-refractivity contribution < 1.29 is 0 Å². The molecule has 2 nitrogen and oxygen atoms in total. The Balaban J connectivity index is 0. The van der Waals surface area contributed by atoms with Gasteiger partial charge in [0.25, 0.3) is 0 Å². The molecule has 0 atom stereocenters. The molecule has 0 aliphatic carbocycles. The van der Waals surface area contributed by atoms with Crippen LogP contribution < -0.4 is 0 Å². The zero-order valence-electron chi connectivity index (χ0n) is 1.92. The Hall–Kier alpha value is 1.37. The van der Waals surface area contributed by atoms with Crippen LogP contribution in [0.5, 0.6) is 0 Å². The molecule has 0 aliphatic rings. The predicted octanol–water partition coefficient (Wildman–Crippen LogP) is -0.184. The third kappa shape index (κ3) is 10.1. The van der Waals surface area contributed by atoms with Gasteiger partial charge in [-0.1, -0.05) is 0 Å². The van der Waals surface area contributed by atoms with Gasteiger partial charge in [-0.25, -0.2) is 0 Å². The SMILES string of the molecule is [Ga+3].[N-3].[N-3].[Sb+3]. The van der Waals surface area contributed by atoms with Crippen LogP contribution in [0, 0.1) is 0 Å². The maximum Gasteiger partial charge on any atom is 3.00 e. The normalized spacial score (nSPS) is 0. The minimum absolute atomic E-state index is 0. The summed E-state index contributed by atoms with van der Waals surface area (Å²) in [6.45, 7) is 0. The molecule has 0 unspecified atom stereocenters. The average Bonchev–Trinajstić information content (AvgIpc) is 0. The van der Waals surface area contributed by atoms with Crippen molar-refractivity contribution in [1.29, 1.82) is 0 Å². The van der Waals surface area contributed by atoms with Crippen LogP contribution in [0.25, 0.3) is 12.3 Å². The molecule has 4 heavy (non-hydrogen) atoms. The first-order chi connectivity index (χ1) is 0. The number of nitrogens with zero attached hydrogens (tertiary/aromatic N) is 2. The van der Waals surface area contributed by atoms with E-state index in [9.17, 15) is 0 Å². The fourth-order valence-electron chi connectivity index (χ4n) is 0. The molecule has 0 aromatic rings. The van der Waals surface area contributed by atoms with Crippen molar-refractivity contribution in [3.8, 4) is 0 Å². The van der Waals surface area contributed by atoms with E-state index < -0.39 is 0 Å². The molecule has 0 rings (SSSR count). The van der Waals surface area contributed by atoms with Crippen LogP contribution >= 0.6 is 0 Å². The maximum atomic E-state index is 0. The van der Waals surface area contributed by atoms with E-state index in [1.807, 2.05) is 0 Å². The van der Waals surface area contributed by atoms with E-state index in [1.54, 1.807) is 0 Å². The number of hydrogen-bond acceptors (Lipinski definition) is 0. The van der Waals surface area contributed by atoms with Gasteiger partial charge < -0.3 is 12.3 Å². The standard InChI is InChI=1S/Ga.2N.Sb/q+3;2*-3;+3. The molecule has 0 aromatic carbocycles. The molecule has 0 amide bonds. The third-order valence-corrected chi connectivity index (χ3v) is 0. The van der Waals surface area contributed by atoms with Gasteiger partial charge in [-0.2, -0.15) is 0 Å². The largest absolute Gasteiger partial charge is 3.00 e. The van der Waals surface area contributed by atoms with Crippen LogP contribution in [0.4, 0.5) is 0 Å². The van der Waals surface area contributed by atoms with Crippen molar-refractivity contribution in [2.24, 2.45) is 0 Å². The minimum Gasteiger partial charge on any atom is -3.00 e. The van der Waals surface area contributed by atoms with Gasteiger partial charge in [-0.05, 0) is 0 Å². The van der Waals surface area contributed by atoms with E-state index in [-0.39, 0.29) is 56.5 Å². The molecule has 2 radical (unpaired) electrons. The summed E-state index contributed by atoms with van der Waals surface area (Å²) in [6, 6.07) is 0. The second-order valence-electron chi connectivity index (χ2n) is 0. The summed E-state index contributed by atoms with van der Waals surface area (Å²) in [4.78, 5) is 0. The van der Waals surface area contributed by atoms with E-state index in [0.717, 1.165) is 0 Å². The third-order valence-electron chi connectivity index (χ3n) is 0. The average molecular weight is 219 g/mol. The van der Waals surface area contributed by atoms with Gasteiger partial charge in [0.2, 0.25) is 0 Å². The predicted molar refractivity (Wildman–Crippen MR) is 18.2 cm³/mol. The first-order valence-electron chi connectivity index (χ1n) is 0. The topological polar surface area (TPSA) is 61.0 Å². The van der Waals surface area contributed by atoms with E-state index in [0.29, 0.717) is 0 Å². The van der Waals surface area contributed by atoms with Crippen molar-refractivity contribution in [2.45, 2.75) is 0 Å². The van der Waals surface area contributed by atoms with Gasteiger partial charge in [0.05, 0.1) is 0 Å². The molecule has 0 fully saturated rings. The second-order valence-corrected chi connectivity index (χ2v) is 0. The molecule has 0 heterocycles. The second kappa shape index (κ2) is 26.4. The number of hydrogen-bond donors (Lipinski definition) is 0. The van der Waals surface area contributed by atoms with Crippen LogP contribution in [0.15, 0.2) is 0 Å². The van der Waals surface area contributed by atoms with Crippen molar-refractivity contribution in [3.05, 3.63) is 12.3 Å². The quantitative estimate of drug-likeness (QED) is 0.507. The zero-order chi connectivity index (χ0) is 0. The van der Waals surface area contributed by atoms with Gasteiger partial charge in [0.15, 0.2) is 0 Å². The molecule has 0 aromatic heterocycles. The van der Waals surface area contributed by atoms with Crippen LogP contribution in [-0.4, -0.2) is 44.2 Å². The van der Waals surface area contributed by atoms with E-state index in [1.165, 1.54) is 0 Å². The summed E-state index contributed by atoms with van der Waals surface area (Å²) in [5.74, 6) is 0. The van der Waals surface area contributed by atoms with Gasteiger partial charge in [-0.15, -0.1) is 0 Å². The summed E-state index contributed by atoms with van der Waals surface area (Å²) in [5.41, 5.74) is 0. The Kier molecular flexibility index (Phi) is 359. The molecule has 0 spiro atoms. The van der Waals surface area contributed by atoms with Crippen molar-refractivity contribution in [3.63, 3.8) is 0 Å². The maximum absolute atomic E-state index is 0. The summed E-state index contributed by atoms with van der Waals surface area (Å²) < 4.78 is 0. The van der Waals surface area contributed by atoms with Crippen molar-refractivity contribution in [1.82, 2.24) is 0 Å². The first-order valence-corrected chi connectivity index (χ1v) is 0. The van der Waals surface area contributed by atoms with Gasteiger partial charge in [0.1, 0.15) is 0 Å². The van der Waals surface area contributed by atoms with Crippen LogP contribution in [0.1, 0.15) is 0 Å². The molecule has 0 saturated carbocycles. The molecule has 18 valence electrons. The van der Waals surface area contributed by atoms with E-state index in [2.05, 4.69) is 0 Å². The molecule has 0 N–H and O–H groups in total. The first kappa shape index (κ1) is 54.4. The van der Waals surface area contributed by atoms with Gasteiger partial charge >= 0.3 is 44.2 Å². The zero-order valence-corrected chi connectivity index (χ0v) is 6.89. The van der Waals surface area contributed by atoms with Crippen LogP contribution in [0.3, 0.4) is 0 Å². The fourth-order valence-corrected chi connectivity index (χ4v) is 0. The van der Waals surface area contributed by atoms with Gasteiger partial charge in [0, 0.05) is 0 Å². The minimum atomic E-state index is 0. The summed E-state index contributed by atoms with van der Waals surface area (Å²) in [6.07, 6.45) is 0. The Labute approximate surface area is 56.4 Å². The molecule has 0 saturated heterocycles. The molecule has 0 aliphatic heterocycles. The molecular weight excluding hydrogens is 219 g/mol. The van der Waals surface area contributed by atoms with Crippen LogP contribution in [0.2, 0.25) is 0 Å². The molecule has 4 heteroatoms. The Morgan fingerprint density at radius 3 is 0.750 bits per heavy atom. The van der Waals surface area contributed by atoms with Crippen molar-refractivity contribution >= 4 is 44.2 Å². The van der Waals surface area contributed by atoms with E-state index >= 15 is 0 Å². The fraction of sp³-hybridized carbons (Fsp3) is 0. The smallest absolute Gasteiger partial charge is 3.00 e. The number of rotatable bonds is 0. The summed E-state index contributed by atoms with van der Waals surface area (Å²) in [7, 11) is 0. The van der Waals surface area contributed by atoms with Gasteiger partial charge in [-0.3, -0.25) is 0 Å². The summed E-state index contributed by atoms with van der Waals surface area (Å²) >= 11 is 0. The Morgan fingerprint density at radius 2 is 0.750 bits per heavy atom. The Morgan fingerprint density at radius 1 is 0.750 bits per heavy atom. The van der Waals surface area contributed by atoms with Crippen LogP contribution in [-0.2, 0) is 0 Å². The Bertz CT molecular complexity index is 6.00.